The van der Waals surface area contributed by atoms with E-state index in [1.165, 1.54) is 5.71 Å². The molecule has 5 heteroatoms. The van der Waals surface area contributed by atoms with Crippen molar-refractivity contribution in [3.8, 4) is 0 Å². The average molecular weight is 261 g/mol. The van der Waals surface area contributed by atoms with E-state index in [9.17, 15) is 0 Å². The fourth-order valence-electron chi connectivity index (χ4n) is 2.32. The molecule has 1 saturated heterocycles. The molecule has 1 aliphatic heterocycles. The number of hydrazone groups is 1. The Morgan fingerprint density at radius 3 is 2.26 bits per heavy atom. The Hall–Kier alpha value is -1.49. The largest absolute Gasteiger partial charge is 0.300 e. The molecule has 104 valence electrons. The number of rotatable bonds is 3. The Morgan fingerprint density at radius 1 is 1.16 bits per heavy atom. The maximum atomic E-state index is 4.44. The van der Waals surface area contributed by atoms with Crippen molar-refractivity contribution in [3.05, 3.63) is 17.5 Å². The van der Waals surface area contributed by atoms with Crippen LogP contribution in [0.5, 0.6) is 0 Å². The van der Waals surface area contributed by atoms with E-state index < -0.39 is 0 Å². The standard InChI is InChI=1S/C14H23N5/c1-10(2)19-7-5-13(6-8-19)17-18-14-15-11(3)9-12(4)16-14/h9-10H,5-8H2,1-4H3,(H,15,16,18). The maximum absolute atomic E-state index is 4.44. The summed E-state index contributed by atoms with van der Waals surface area (Å²) in [6.07, 6.45) is 2.05. The Morgan fingerprint density at radius 2 is 1.74 bits per heavy atom. The molecule has 5 nitrogen and oxygen atoms in total. The van der Waals surface area contributed by atoms with Gasteiger partial charge in [0.05, 0.1) is 0 Å². The highest BCUT2D eigenvalue weighted by Crippen LogP contribution is 2.11. The smallest absolute Gasteiger partial charge is 0.243 e. The zero-order chi connectivity index (χ0) is 13.8. The van der Waals surface area contributed by atoms with Crippen molar-refractivity contribution in [2.45, 2.75) is 46.6 Å². The summed E-state index contributed by atoms with van der Waals surface area (Å²) < 4.78 is 0. The fourth-order valence-corrected chi connectivity index (χ4v) is 2.32. The molecular formula is C14H23N5. The van der Waals surface area contributed by atoms with Gasteiger partial charge < -0.3 is 4.90 Å². The number of aryl methyl sites for hydroxylation is 2. The summed E-state index contributed by atoms with van der Waals surface area (Å²) in [5.41, 5.74) is 6.12. The highest BCUT2D eigenvalue weighted by molar-refractivity contribution is 5.86. The first-order valence-corrected chi connectivity index (χ1v) is 6.92. The summed E-state index contributed by atoms with van der Waals surface area (Å²) in [6.45, 7) is 10.6. The lowest BCUT2D eigenvalue weighted by Gasteiger charge is -2.30. The second-order valence-electron chi connectivity index (χ2n) is 5.39. The first-order valence-electron chi connectivity index (χ1n) is 6.92. The molecule has 1 N–H and O–H groups in total. The first-order chi connectivity index (χ1) is 9.04. The molecule has 0 aliphatic carbocycles. The van der Waals surface area contributed by atoms with Crippen LogP contribution in [0.25, 0.3) is 0 Å². The first kappa shape index (κ1) is 13.9. The van der Waals surface area contributed by atoms with Crippen molar-refractivity contribution < 1.29 is 0 Å². The molecule has 0 bridgehead atoms. The summed E-state index contributed by atoms with van der Waals surface area (Å²) in [4.78, 5) is 11.1. The maximum Gasteiger partial charge on any atom is 0.243 e. The van der Waals surface area contributed by atoms with Gasteiger partial charge in [0, 0.05) is 49.1 Å². The number of hydrogen-bond donors (Lipinski definition) is 1. The lowest BCUT2D eigenvalue weighted by atomic mass is 10.1. The van der Waals surface area contributed by atoms with E-state index in [4.69, 9.17) is 0 Å². The second kappa shape index (κ2) is 6.10. The summed E-state index contributed by atoms with van der Waals surface area (Å²) in [6, 6.07) is 2.58. The lowest BCUT2D eigenvalue weighted by molar-refractivity contribution is 0.222. The Kier molecular flexibility index (Phi) is 4.47. The molecule has 1 fully saturated rings. The van der Waals surface area contributed by atoms with Crippen LogP contribution >= 0.6 is 0 Å². The summed E-state index contributed by atoms with van der Waals surface area (Å²) >= 11 is 0. The predicted molar refractivity (Wildman–Crippen MR) is 78.5 cm³/mol. The molecule has 0 spiro atoms. The van der Waals surface area contributed by atoms with Gasteiger partial charge in [0.25, 0.3) is 0 Å². The number of nitrogens with zero attached hydrogens (tertiary/aromatic N) is 4. The van der Waals surface area contributed by atoms with Crippen molar-refractivity contribution in [1.82, 2.24) is 14.9 Å². The monoisotopic (exact) mass is 261 g/mol. The SMILES string of the molecule is Cc1cc(C)nc(NN=C2CCN(C(C)C)CC2)n1. The van der Waals surface area contributed by atoms with Crippen molar-refractivity contribution in [2.24, 2.45) is 5.10 Å². The fraction of sp³-hybridized carbons (Fsp3) is 0.643. The van der Waals surface area contributed by atoms with Gasteiger partial charge in [0.15, 0.2) is 0 Å². The van der Waals surface area contributed by atoms with E-state index in [1.54, 1.807) is 0 Å². The zero-order valence-electron chi connectivity index (χ0n) is 12.3. The molecule has 1 aromatic rings. The van der Waals surface area contributed by atoms with Gasteiger partial charge in [-0.05, 0) is 33.8 Å². The van der Waals surface area contributed by atoms with Crippen LogP contribution in [0.1, 0.15) is 38.1 Å². The quantitative estimate of drug-likeness (QED) is 0.849. The van der Waals surface area contributed by atoms with E-state index in [1.807, 2.05) is 19.9 Å². The Labute approximate surface area is 115 Å². The number of likely N-dealkylation sites (tertiary alicyclic amines) is 1. The van der Waals surface area contributed by atoms with Crippen LogP contribution in [-0.2, 0) is 0 Å². The van der Waals surface area contributed by atoms with Crippen LogP contribution < -0.4 is 5.43 Å². The van der Waals surface area contributed by atoms with Crippen molar-refractivity contribution in [2.75, 3.05) is 18.5 Å². The van der Waals surface area contributed by atoms with Crippen molar-refractivity contribution in [1.29, 1.82) is 0 Å². The van der Waals surface area contributed by atoms with Gasteiger partial charge in [-0.15, -0.1) is 0 Å². The molecule has 0 radical (unpaired) electrons. The minimum Gasteiger partial charge on any atom is -0.300 e. The van der Waals surface area contributed by atoms with Crippen LogP contribution in [0.2, 0.25) is 0 Å². The molecule has 0 unspecified atom stereocenters. The zero-order valence-corrected chi connectivity index (χ0v) is 12.3. The molecule has 19 heavy (non-hydrogen) atoms. The minimum absolute atomic E-state index is 0.594. The number of anilines is 1. The van der Waals surface area contributed by atoms with E-state index in [0.29, 0.717) is 12.0 Å². The van der Waals surface area contributed by atoms with Crippen LogP contribution in [0.15, 0.2) is 11.2 Å². The third kappa shape index (κ3) is 3.99. The van der Waals surface area contributed by atoms with Crippen molar-refractivity contribution in [3.63, 3.8) is 0 Å². The van der Waals surface area contributed by atoms with Gasteiger partial charge in [-0.25, -0.2) is 15.4 Å². The van der Waals surface area contributed by atoms with Gasteiger partial charge in [-0.3, -0.25) is 0 Å². The molecule has 2 heterocycles. The van der Waals surface area contributed by atoms with E-state index >= 15 is 0 Å². The summed E-state index contributed by atoms with van der Waals surface area (Å²) in [5.74, 6) is 0.594. The molecule has 0 aromatic carbocycles. The minimum atomic E-state index is 0.594. The number of nitrogens with one attached hydrogen (secondary N) is 1. The molecule has 0 atom stereocenters. The topological polar surface area (TPSA) is 53.4 Å². The van der Waals surface area contributed by atoms with Gasteiger partial charge >= 0.3 is 0 Å². The van der Waals surface area contributed by atoms with Crippen LogP contribution in [0.4, 0.5) is 5.95 Å². The van der Waals surface area contributed by atoms with E-state index in [-0.39, 0.29) is 0 Å². The van der Waals surface area contributed by atoms with Gasteiger partial charge in [-0.2, -0.15) is 5.10 Å². The third-order valence-corrected chi connectivity index (χ3v) is 3.40. The predicted octanol–water partition coefficient (Wildman–Crippen LogP) is 2.37. The Bertz CT molecular complexity index is 437. The van der Waals surface area contributed by atoms with Crippen LogP contribution in [0, 0.1) is 13.8 Å². The van der Waals surface area contributed by atoms with Gasteiger partial charge in [0.1, 0.15) is 0 Å². The van der Waals surface area contributed by atoms with Gasteiger partial charge in [0.2, 0.25) is 5.95 Å². The highest BCUT2D eigenvalue weighted by Gasteiger charge is 2.17. The second-order valence-corrected chi connectivity index (χ2v) is 5.39. The molecule has 0 saturated carbocycles. The molecule has 0 amide bonds. The number of hydrogen-bond acceptors (Lipinski definition) is 5. The third-order valence-electron chi connectivity index (χ3n) is 3.40. The molecule has 1 aromatic heterocycles. The average Bonchev–Trinajstić information content (AvgIpc) is 2.36. The van der Waals surface area contributed by atoms with Crippen LogP contribution in [-0.4, -0.2) is 39.7 Å². The normalized spacial score (nSPS) is 16.8. The highest BCUT2D eigenvalue weighted by atomic mass is 15.4. The number of piperidine rings is 1. The Balaban J connectivity index is 1.93. The van der Waals surface area contributed by atoms with Gasteiger partial charge in [-0.1, -0.05) is 0 Å². The van der Waals surface area contributed by atoms with E-state index in [2.05, 4.69) is 39.2 Å². The van der Waals surface area contributed by atoms with Crippen molar-refractivity contribution >= 4 is 11.7 Å². The molecule has 1 aliphatic rings. The van der Waals surface area contributed by atoms with E-state index in [0.717, 1.165) is 37.3 Å². The summed E-state index contributed by atoms with van der Waals surface area (Å²) in [7, 11) is 0. The molecular weight excluding hydrogens is 238 g/mol. The van der Waals surface area contributed by atoms with Crippen LogP contribution in [0.3, 0.4) is 0 Å². The molecule has 2 rings (SSSR count). The lowest BCUT2D eigenvalue weighted by Crippen LogP contribution is -2.38. The summed E-state index contributed by atoms with van der Waals surface area (Å²) in [5, 5.41) is 4.44. The number of aromatic nitrogens is 2.